The van der Waals surface area contributed by atoms with E-state index in [2.05, 4.69) is 28.8 Å². The van der Waals surface area contributed by atoms with Crippen molar-refractivity contribution in [3.8, 4) is 0 Å². The Morgan fingerprint density at radius 2 is 2.03 bits per heavy atom. The topological polar surface area (TPSA) is 81.4 Å². The fourth-order valence-electron chi connectivity index (χ4n) is 4.11. The number of hydrogen-bond donors (Lipinski definition) is 1. The van der Waals surface area contributed by atoms with E-state index in [1.165, 1.54) is 11.3 Å². The van der Waals surface area contributed by atoms with E-state index in [-0.39, 0.29) is 18.4 Å². The molecule has 3 heterocycles. The Morgan fingerprint density at radius 1 is 1.26 bits per heavy atom. The molecule has 1 aliphatic heterocycles. The second kappa shape index (κ2) is 8.19. The van der Waals surface area contributed by atoms with Gasteiger partial charge in [-0.1, -0.05) is 0 Å². The number of amides is 2. The first-order chi connectivity index (χ1) is 14.8. The molecular weight excluding hydrogens is 394 g/mol. The molecule has 1 aliphatic rings. The van der Waals surface area contributed by atoms with Gasteiger partial charge in [0, 0.05) is 48.6 Å². The molecule has 1 atom stereocenters. The molecule has 2 aromatic heterocycles. The molecule has 0 spiro atoms. The minimum atomic E-state index is -0.714. The predicted molar refractivity (Wildman–Crippen MR) is 119 cm³/mol. The molecule has 3 aromatic rings. The SMILES string of the molecule is CCn1cc(C(=O)N2CCOC(C(=O)Nc3ccc4c(c3)c(C)c(C)n4C)C2)c(C)n1. The number of nitrogens with one attached hydrogen (secondary N) is 1. The summed E-state index contributed by atoms with van der Waals surface area (Å²) in [6, 6.07) is 5.90. The zero-order chi connectivity index (χ0) is 22.3. The van der Waals surface area contributed by atoms with E-state index in [1.807, 2.05) is 39.1 Å². The molecule has 1 N–H and O–H groups in total. The van der Waals surface area contributed by atoms with Crippen LogP contribution in [0.5, 0.6) is 0 Å². The van der Waals surface area contributed by atoms with Crippen LogP contribution in [-0.4, -0.2) is 56.9 Å². The molecule has 2 amide bonds. The van der Waals surface area contributed by atoms with Crippen molar-refractivity contribution < 1.29 is 14.3 Å². The number of anilines is 1. The van der Waals surface area contributed by atoms with E-state index < -0.39 is 6.10 Å². The van der Waals surface area contributed by atoms with Crippen LogP contribution in [0.1, 0.15) is 34.2 Å². The number of fused-ring (bicyclic) bond motifs is 1. The van der Waals surface area contributed by atoms with Gasteiger partial charge in [-0.15, -0.1) is 0 Å². The molecule has 8 nitrogen and oxygen atoms in total. The van der Waals surface area contributed by atoms with E-state index in [0.717, 1.165) is 16.6 Å². The predicted octanol–water partition coefficient (Wildman–Crippen LogP) is 2.80. The Morgan fingerprint density at radius 3 is 2.74 bits per heavy atom. The summed E-state index contributed by atoms with van der Waals surface area (Å²) in [5.41, 5.74) is 5.51. The highest BCUT2D eigenvalue weighted by Gasteiger charge is 2.31. The standard InChI is InChI=1S/C23H29N5O3/c1-6-28-12-19(15(3)25-28)23(30)27-9-10-31-21(13-27)22(29)24-17-7-8-20-18(11-17)14(2)16(4)26(20)5/h7-8,11-12,21H,6,9-10,13H2,1-5H3,(H,24,29). The Labute approximate surface area is 181 Å². The minimum Gasteiger partial charge on any atom is -0.365 e. The summed E-state index contributed by atoms with van der Waals surface area (Å²) in [5, 5.41) is 8.42. The fourth-order valence-corrected chi connectivity index (χ4v) is 4.11. The average Bonchev–Trinajstić information content (AvgIpc) is 3.26. The first-order valence-corrected chi connectivity index (χ1v) is 10.6. The first-order valence-electron chi connectivity index (χ1n) is 10.6. The molecule has 8 heteroatoms. The van der Waals surface area contributed by atoms with Crippen molar-refractivity contribution in [1.29, 1.82) is 0 Å². The molecule has 0 radical (unpaired) electrons. The van der Waals surface area contributed by atoms with E-state index in [4.69, 9.17) is 4.74 Å². The smallest absolute Gasteiger partial charge is 0.257 e. The van der Waals surface area contributed by atoms with Gasteiger partial charge in [0.15, 0.2) is 6.10 Å². The van der Waals surface area contributed by atoms with Gasteiger partial charge in [0.1, 0.15) is 0 Å². The summed E-state index contributed by atoms with van der Waals surface area (Å²) >= 11 is 0. The third-order valence-corrected chi connectivity index (χ3v) is 6.22. The van der Waals surface area contributed by atoms with Crippen LogP contribution in [-0.2, 0) is 23.1 Å². The Hall–Kier alpha value is -3.13. The summed E-state index contributed by atoms with van der Waals surface area (Å²) in [4.78, 5) is 27.5. The van der Waals surface area contributed by atoms with Crippen LogP contribution < -0.4 is 5.32 Å². The summed E-state index contributed by atoms with van der Waals surface area (Å²) in [7, 11) is 2.04. The summed E-state index contributed by atoms with van der Waals surface area (Å²) in [5.74, 6) is -0.363. The van der Waals surface area contributed by atoms with Crippen LogP contribution in [0, 0.1) is 20.8 Å². The highest BCUT2D eigenvalue weighted by atomic mass is 16.5. The number of aromatic nitrogens is 3. The molecule has 0 saturated carbocycles. The molecule has 0 bridgehead atoms. The normalized spacial score (nSPS) is 16.7. The lowest BCUT2D eigenvalue weighted by molar-refractivity contribution is -0.131. The van der Waals surface area contributed by atoms with Gasteiger partial charge < -0.3 is 19.5 Å². The average molecular weight is 424 g/mol. The number of rotatable bonds is 4. The van der Waals surface area contributed by atoms with Crippen molar-refractivity contribution in [2.75, 3.05) is 25.0 Å². The summed E-state index contributed by atoms with van der Waals surface area (Å²) in [6.45, 7) is 9.66. The number of ether oxygens (including phenoxy) is 1. The fraction of sp³-hybridized carbons (Fsp3) is 0.435. The van der Waals surface area contributed by atoms with E-state index >= 15 is 0 Å². The number of morpholine rings is 1. The molecule has 4 rings (SSSR count). The summed E-state index contributed by atoms with van der Waals surface area (Å²) < 4.78 is 9.58. The number of nitrogens with zero attached hydrogens (tertiary/aromatic N) is 4. The maximum atomic E-state index is 13.0. The van der Waals surface area contributed by atoms with Crippen LogP contribution >= 0.6 is 0 Å². The van der Waals surface area contributed by atoms with Crippen molar-refractivity contribution >= 4 is 28.4 Å². The zero-order valence-electron chi connectivity index (χ0n) is 18.7. The Kier molecular flexibility index (Phi) is 5.58. The van der Waals surface area contributed by atoms with Crippen molar-refractivity contribution in [3.05, 3.63) is 46.9 Å². The van der Waals surface area contributed by atoms with Crippen LogP contribution in [0.15, 0.2) is 24.4 Å². The monoisotopic (exact) mass is 423 g/mol. The van der Waals surface area contributed by atoms with Gasteiger partial charge in [0.2, 0.25) is 0 Å². The molecule has 1 unspecified atom stereocenters. The quantitative estimate of drug-likeness (QED) is 0.700. The summed E-state index contributed by atoms with van der Waals surface area (Å²) in [6.07, 6.45) is 1.05. The van der Waals surface area contributed by atoms with Gasteiger partial charge in [-0.2, -0.15) is 5.10 Å². The molecule has 1 aromatic carbocycles. The van der Waals surface area contributed by atoms with Gasteiger partial charge in [0.25, 0.3) is 11.8 Å². The maximum Gasteiger partial charge on any atom is 0.257 e. The lowest BCUT2D eigenvalue weighted by Crippen LogP contribution is -2.50. The number of carbonyl (C=O) groups is 2. The van der Waals surface area contributed by atoms with Crippen molar-refractivity contribution in [1.82, 2.24) is 19.2 Å². The van der Waals surface area contributed by atoms with Gasteiger partial charge in [0.05, 0.1) is 24.4 Å². The molecule has 1 saturated heterocycles. The van der Waals surface area contributed by atoms with Crippen LogP contribution in [0.25, 0.3) is 10.9 Å². The van der Waals surface area contributed by atoms with E-state index in [0.29, 0.717) is 31.0 Å². The molecule has 31 heavy (non-hydrogen) atoms. The second-order valence-corrected chi connectivity index (χ2v) is 8.09. The van der Waals surface area contributed by atoms with Crippen LogP contribution in [0.2, 0.25) is 0 Å². The molecule has 0 aliphatic carbocycles. The molecule has 164 valence electrons. The highest BCUT2D eigenvalue weighted by molar-refractivity contribution is 5.99. The number of hydrogen-bond acceptors (Lipinski definition) is 4. The maximum absolute atomic E-state index is 13.0. The third kappa shape index (κ3) is 3.83. The van der Waals surface area contributed by atoms with E-state index in [1.54, 1.807) is 15.8 Å². The zero-order valence-corrected chi connectivity index (χ0v) is 18.7. The van der Waals surface area contributed by atoms with Crippen molar-refractivity contribution in [2.45, 2.75) is 40.3 Å². The van der Waals surface area contributed by atoms with E-state index in [9.17, 15) is 9.59 Å². The number of benzene rings is 1. The number of aryl methyl sites for hydroxylation is 4. The van der Waals surface area contributed by atoms with Crippen LogP contribution in [0.3, 0.4) is 0 Å². The van der Waals surface area contributed by atoms with Gasteiger partial charge in [-0.25, -0.2) is 0 Å². The van der Waals surface area contributed by atoms with Crippen LogP contribution in [0.4, 0.5) is 5.69 Å². The lowest BCUT2D eigenvalue weighted by Gasteiger charge is -2.32. The Balaban J connectivity index is 1.47. The Bertz CT molecular complexity index is 1160. The third-order valence-electron chi connectivity index (χ3n) is 6.22. The second-order valence-electron chi connectivity index (χ2n) is 8.09. The van der Waals surface area contributed by atoms with Gasteiger partial charge in [-0.3, -0.25) is 14.3 Å². The first kappa shape index (κ1) is 21.1. The molecule has 1 fully saturated rings. The minimum absolute atomic E-state index is 0.116. The van der Waals surface area contributed by atoms with Crippen molar-refractivity contribution in [2.24, 2.45) is 7.05 Å². The molecular formula is C23H29N5O3. The van der Waals surface area contributed by atoms with Gasteiger partial charge in [-0.05, 0) is 51.5 Å². The highest BCUT2D eigenvalue weighted by Crippen LogP contribution is 2.27. The lowest BCUT2D eigenvalue weighted by atomic mass is 10.1. The van der Waals surface area contributed by atoms with Gasteiger partial charge >= 0.3 is 0 Å². The number of carbonyl (C=O) groups excluding carboxylic acids is 2. The largest absolute Gasteiger partial charge is 0.365 e. The van der Waals surface area contributed by atoms with Crippen molar-refractivity contribution in [3.63, 3.8) is 0 Å².